The van der Waals surface area contributed by atoms with Gasteiger partial charge in [-0.05, 0) is 54.8 Å². The number of hydrogen-bond acceptors (Lipinski definition) is 2. The molecule has 0 spiro atoms. The van der Waals surface area contributed by atoms with Gasteiger partial charge in [0.05, 0.1) is 0 Å². The minimum atomic E-state index is -0.288. The zero-order valence-electron chi connectivity index (χ0n) is 23.3. The molecular weight excluding hydrogens is 716 g/mol. The van der Waals surface area contributed by atoms with Gasteiger partial charge in [0.1, 0.15) is 0 Å². The van der Waals surface area contributed by atoms with Gasteiger partial charge in [0.2, 0.25) is 0 Å². The maximum Gasteiger partial charge on any atom is 0 e. The average Bonchev–Trinajstić information content (AvgIpc) is 2.71. The first kappa shape index (κ1) is 35.0. The Labute approximate surface area is 268 Å². The SMILES string of the molecule is C[C-]1[C@@H](O)CCC2(C)C3CCC4C5CC(C)(C)CC[C@]5([C-]=O)[CH-]C[C@@]4(C)[C@@]3(C)CC[C@@H]12.[CH3-].[V].[W].[Y]. The number of aliphatic hydroxyl groups excluding tert-OH is 1. The molecule has 0 aromatic carbocycles. The molecule has 0 saturated heterocycles. The fraction of sp³-hybridized carbons (Fsp3) is 0.867. The van der Waals surface area contributed by atoms with Crippen molar-refractivity contribution in [2.24, 2.45) is 50.7 Å². The van der Waals surface area contributed by atoms with Crippen LogP contribution < -0.4 is 0 Å². The van der Waals surface area contributed by atoms with Crippen molar-refractivity contribution in [1.29, 1.82) is 0 Å². The van der Waals surface area contributed by atoms with Gasteiger partial charge in [0, 0.05) is 72.3 Å². The summed E-state index contributed by atoms with van der Waals surface area (Å²) in [6, 6.07) is 0. The van der Waals surface area contributed by atoms with Crippen molar-refractivity contribution in [2.75, 3.05) is 0 Å². The van der Waals surface area contributed by atoms with E-state index in [9.17, 15) is 9.90 Å². The molecule has 5 heteroatoms. The Morgan fingerprint density at radius 3 is 2.20 bits per heavy atom. The number of fused-ring (bicyclic) bond motifs is 7. The minimum absolute atomic E-state index is 0. The van der Waals surface area contributed by atoms with Crippen LogP contribution in [0.25, 0.3) is 0 Å². The van der Waals surface area contributed by atoms with Gasteiger partial charge >= 0.3 is 0 Å². The Morgan fingerprint density at radius 1 is 0.914 bits per heavy atom. The number of aliphatic hydroxyl groups is 1. The maximum atomic E-state index is 12.4. The molecular formula is C30H48O2VWY-4. The maximum absolute atomic E-state index is 12.4. The minimum Gasteiger partial charge on any atom is -0.544 e. The van der Waals surface area contributed by atoms with Crippen LogP contribution in [0.15, 0.2) is 0 Å². The van der Waals surface area contributed by atoms with Gasteiger partial charge in [-0.15, -0.1) is 0 Å². The Kier molecular flexibility index (Phi) is 11.5. The van der Waals surface area contributed by atoms with Gasteiger partial charge < -0.3 is 23.7 Å². The zero-order chi connectivity index (χ0) is 22.4. The quantitative estimate of drug-likeness (QED) is 0.288. The van der Waals surface area contributed by atoms with Crippen LogP contribution >= 0.6 is 0 Å². The van der Waals surface area contributed by atoms with Gasteiger partial charge in [0.15, 0.2) is 0 Å². The van der Waals surface area contributed by atoms with Gasteiger partial charge in [0.25, 0.3) is 0 Å². The second-order valence-corrected chi connectivity index (χ2v) is 14.0. The van der Waals surface area contributed by atoms with Crippen LogP contribution in [0, 0.1) is 70.5 Å². The van der Waals surface area contributed by atoms with Gasteiger partial charge in [-0.2, -0.15) is 19.3 Å². The molecule has 5 rings (SSSR count). The van der Waals surface area contributed by atoms with Crippen molar-refractivity contribution < 1.29 is 82.2 Å². The molecule has 2 radical (unpaired) electrons. The molecule has 5 aliphatic carbocycles. The summed E-state index contributed by atoms with van der Waals surface area (Å²) in [6.45, 7) is 14.9. The molecule has 0 aliphatic heterocycles. The predicted molar refractivity (Wildman–Crippen MR) is 132 cm³/mol. The fourth-order valence-electron chi connectivity index (χ4n) is 10.3. The zero-order valence-corrected chi connectivity index (χ0v) is 30.5. The van der Waals surface area contributed by atoms with Crippen LogP contribution in [0.3, 0.4) is 0 Å². The van der Waals surface area contributed by atoms with Crippen LogP contribution in [0.4, 0.5) is 0 Å². The predicted octanol–water partition coefficient (Wildman–Crippen LogP) is 7.16. The Hall–Kier alpha value is 2.01. The van der Waals surface area contributed by atoms with Crippen LogP contribution in [-0.4, -0.2) is 17.5 Å². The molecule has 0 aromatic rings. The molecule has 5 aliphatic rings. The largest absolute Gasteiger partial charge is 0.544 e. The fourth-order valence-corrected chi connectivity index (χ4v) is 10.3. The Morgan fingerprint density at radius 2 is 1.57 bits per heavy atom. The summed E-state index contributed by atoms with van der Waals surface area (Å²) in [5.74, 6) is 3.77. The number of carbonyl (C=O) groups excluding carboxylic acids is 1. The van der Waals surface area contributed by atoms with Gasteiger partial charge in [-0.25, -0.2) is 0 Å². The van der Waals surface area contributed by atoms with Crippen molar-refractivity contribution in [3.05, 3.63) is 19.8 Å². The average molecular weight is 764 g/mol. The molecule has 4 unspecified atom stereocenters. The Bertz CT molecular complexity index is 763. The topological polar surface area (TPSA) is 37.3 Å². The van der Waals surface area contributed by atoms with E-state index in [-0.39, 0.29) is 96.7 Å². The second-order valence-electron chi connectivity index (χ2n) is 14.0. The van der Waals surface area contributed by atoms with Crippen LogP contribution in [0.2, 0.25) is 0 Å². The molecule has 0 aromatic heterocycles. The molecule has 9 atom stereocenters. The first-order valence-electron chi connectivity index (χ1n) is 13.2. The molecule has 5 saturated carbocycles. The molecule has 1 N–H and O–H groups in total. The van der Waals surface area contributed by atoms with E-state index in [2.05, 4.69) is 54.2 Å². The number of rotatable bonds is 1. The van der Waals surface area contributed by atoms with E-state index >= 15 is 0 Å². The third-order valence-corrected chi connectivity index (χ3v) is 12.5. The number of hydrogen-bond donors (Lipinski definition) is 1. The Balaban J connectivity index is 0.00000153. The first-order chi connectivity index (χ1) is 14.4. The summed E-state index contributed by atoms with van der Waals surface area (Å²) in [7, 11) is 0. The molecule has 35 heavy (non-hydrogen) atoms. The summed E-state index contributed by atoms with van der Waals surface area (Å²) >= 11 is 0. The smallest absolute Gasteiger partial charge is 0 e. The van der Waals surface area contributed by atoms with Gasteiger partial charge in [-0.3, -0.25) is 17.6 Å². The van der Waals surface area contributed by atoms with Crippen LogP contribution in [0.5, 0.6) is 0 Å². The molecule has 0 amide bonds. The molecule has 198 valence electrons. The van der Waals surface area contributed by atoms with Crippen molar-refractivity contribution in [1.82, 2.24) is 0 Å². The first-order valence-corrected chi connectivity index (χ1v) is 13.2. The van der Waals surface area contributed by atoms with Crippen molar-refractivity contribution in [2.45, 2.75) is 112 Å². The van der Waals surface area contributed by atoms with E-state index in [1.165, 1.54) is 44.4 Å². The van der Waals surface area contributed by atoms with E-state index in [1.54, 1.807) is 0 Å². The van der Waals surface area contributed by atoms with Crippen LogP contribution in [0.1, 0.15) is 106 Å². The van der Waals surface area contributed by atoms with Crippen molar-refractivity contribution >= 4 is 6.29 Å². The summed E-state index contributed by atoms with van der Waals surface area (Å²) in [6.07, 6.45) is 16.5. The molecule has 2 nitrogen and oxygen atoms in total. The molecule has 0 bridgehead atoms. The van der Waals surface area contributed by atoms with E-state index in [4.69, 9.17) is 0 Å². The second kappa shape index (κ2) is 11.5. The molecule has 0 heterocycles. The summed E-state index contributed by atoms with van der Waals surface area (Å²) in [5, 5.41) is 10.6. The van der Waals surface area contributed by atoms with E-state index in [1.807, 2.05) is 0 Å². The summed E-state index contributed by atoms with van der Waals surface area (Å²) < 4.78 is 0. The van der Waals surface area contributed by atoms with Gasteiger partial charge in [-0.1, -0.05) is 83.2 Å². The van der Waals surface area contributed by atoms with E-state index < -0.39 is 0 Å². The third-order valence-electron chi connectivity index (χ3n) is 12.5. The van der Waals surface area contributed by atoms with E-state index in [0.717, 1.165) is 31.6 Å². The third kappa shape index (κ3) is 4.92. The van der Waals surface area contributed by atoms with Crippen LogP contribution in [-0.2, 0) is 77.1 Å². The van der Waals surface area contributed by atoms with Crippen molar-refractivity contribution in [3.8, 4) is 0 Å². The standard InChI is InChI=1S/C29H45O2.CH3.V.W.Y/c1-19-20-9-12-28(6)24(26(20,4)11-10-23(19)31)8-7-21-22-17-25(2,3)13-15-29(22,18-30)16-14-27(21,28)5;;;;/h16,20-24,31H,7-15,17H2,1-6H3;1H3;;;/q-3;-1;;;/t20-,21?,22?,23-,24?,26?,27+,28-,29+;;;;/m0..../s1. The van der Waals surface area contributed by atoms with Crippen molar-refractivity contribution in [3.63, 3.8) is 0 Å². The normalized spacial score (nSPS) is 50.1. The molecule has 5 fully saturated rings. The summed E-state index contributed by atoms with van der Waals surface area (Å²) in [5.41, 5.74) is 0.956. The summed E-state index contributed by atoms with van der Waals surface area (Å²) in [4.78, 5) is 12.4. The monoisotopic (exact) mass is 764 g/mol. The van der Waals surface area contributed by atoms with E-state index in [0.29, 0.717) is 34.0 Å².